The first-order valence-electron chi connectivity index (χ1n) is 8.37. The molecule has 3 heterocycles. The Hall–Kier alpha value is -3.14. The molecular weight excluding hydrogens is 316 g/mol. The van der Waals surface area contributed by atoms with Crippen LogP contribution in [0.2, 0.25) is 0 Å². The van der Waals surface area contributed by atoms with E-state index >= 15 is 0 Å². The quantitative estimate of drug-likeness (QED) is 0.608. The Balaban J connectivity index is 1.59. The number of likely N-dealkylation sites (tertiary alicyclic amines) is 1. The first-order valence-corrected chi connectivity index (χ1v) is 8.37. The molecule has 3 rings (SSSR count). The Labute approximate surface area is 146 Å². The Morgan fingerprint density at radius 1 is 1.44 bits per heavy atom. The van der Waals surface area contributed by atoms with Crippen LogP contribution >= 0.6 is 0 Å². The van der Waals surface area contributed by atoms with Gasteiger partial charge in [0.15, 0.2) is 0 Å². The van der Waals surface area contributed by atoms with Gasteiger partial charge < -0.3 is 15.5 Å². The van der Waals surface area contributed by atoms with Crippen LogP contribution in [-0.4, -0.2) is 40.4 Å². The van der Waals surface area contributed by atoms with Crippen molar-refractivity contribution in [2.45, 2.75) is 19.3 Å². The number of amides is 1. The fourth-order valence-electron chi connectivity index (χ4n) is 2.80. The number of aromatic nitrogens is 2. The van der Waals surface area contributed by atoms with Gasteiger partial charge >= 0.3 is 0 Å². The van der Waals surface area contributed by atoms with Gasteiger partial charge in [0, 0.05) is 38.5 Å². The van der Waals surface area contributed by atoms with Crippen molar-refractivity contribution in [1.29, 1.82) is 5.26 Å². The number of nitriles is 1. The molecule has 0 saturated carbocycles. The van der Waals surface area contributed by atoms with Crippen molar-refractivity contribution < 1.29 is 4.79 Å². The number of carbonyl (C=O) groups is 1. The van der Waals surface area contributed by atoms with Gasteiger partial charge in [0.2, 0.25) is 11.9 Å². The zero-order valence-electron chi connectivity index (χ0n) is 13.9. The third-order valence-electron chi connectivity index (χ3n) is 4.06. The van der Waals surface area contributed by atoms with E-state index in [0.29, 0.717) is 35.9 Å². The van der Waals surface area contributed by atoms with Crippen LogP contribution in [0.25, 0.3) is 5.57 Å². The van der Waals surface area contributed by atoms with Crippen LogP contribution < -0.4 is 10.6 Å². The molecule has 0 bridgehead atoms. The second kappa shape index (κ2) is 8.11. The van der Waals surface area contributed by atoms with E-state index in [4.69, 9.17) is 0 Å². The van der Waals surface area contributed by atoms with E-state index in [1.165, 1.54) is 0 Å². The summed E-state index contributed by atoms with van der Waals surface area (Å²) in [6.45, 7) is 2.28. The van der Waals surface area contributed by atoms with Crippen molar-refractivity contribution >= 4 is 17.4 Å². The van der Waals surface area contributed by atoms with E-state index in [9.17, 15) is 10.1 Å². The predicted molar refractivity (Wildman–Crippen MR) is 94.9 cm³/mol. The molecule has 25 heavy (non-hydrogen) atoms. The van der Waals surface area contributed by atoms with Crippen molar-refractivity contribution in [2.75, 3.05) is 25.0 Å². The van der Waals surface area contributed by atoms with E-state index in [0.717, 1.165) is 25.9 Å². The number of allylic oxidation sites excluding steroid dienone is 4. The lowest BCUT2D eigenvalue weighted by Crippen LogP contribution is -2.27. The Bertz CT molecular complexity index is 774. The number of carbonyl (C=O) groups excluding carboxylic acids is 1. The molecule has 7 heteroatoms. The van der Waals surface area contributed by atoms with Crippen LogP contribution in [0.5, 0.6) is 0 Å². The van der Waals surface area contributed by atoms with Crippen molar-refractivity contribution in [3.63, 3.8) is 0 Å². The minimum Gasteiger partial charge on any atom is -0.361 e. The van der Waals surface area contributed by atoms with E-state index in [-0.39, 0.29) is 5.91 Å². The zero-order chi connectivity index (χ0) is 17.5. The molecule has 1 aromatic heterocycles. The standard InChI is InChI=1S/C18H20N6O/c19-13-14(15-5-1-2-8-20-15)16-7-10-22-18(23-16)21-9-4-12-24-11-3-6-17(24)25/h1-2,5,7-8,10,20H,3-4,6,9,11-12H2,(H,21,22,23). The summed E-state index contributed by atoms with van der Waals surface area (Å²) in [5.74, 6) is 0.722. The van der Waals surface area contributed by atoms with Crippen LogP contribution in [0.4, 0.5) is 5.95 Å². The summed E-state index contributed by atoms with van der Waals surface area (Å²) in [6.07, 6.45) is 11.4. The number of hydrogen-bond donors (Lipinski definition) is 2. The molecule has 2 aliphatic heterocycles. The number of nitrogens with zero attached hydrogens (tertiary/aromatic N) is 4. The van der Waals surface area contributed by atoms with Gasteiger partial charge in [0.1, 0.15) is 11.6 Å². The predicted octanol–water partition coefficient (Wildman–Crippen LogP) is 1.81. The SMILES string of the molecule is N#CC(=C1C=CC=CN1)c1ccnc(NCCCN2CCCC2=O)n1. The minimum absolute atomic E-state index is 0.241. The Morgan fingerprint density at radius 2 is 2.36 bits per heavy atom. The van der Waals surface area contributed by atoms with Crippen molar-refractivity contribution in [3.8, 4) is 6.07 Å². The molecule has 2 aliphatic rings. The van der Waals surface area contributed by atoms with Gasteiger partial charge in [-0.1, -0.05) is 6.08 Å². The molecule has 0 atom stereocenters. The smallest absolute Gasteiger partial charge is 0.223 e. The van der Waals surface area contributed by atoms with Crippen LogP contribution in [0, 0.1) is 11.3 Å². The number of nitrogens with one attached hydrogen (secondary N) is 2. The zero-order valence-corrected chi connectivity index (χ0v) is 13.9. The van der Waals surface area contributed by atoms with Gasteiger partial charge in [0.25, 0.3) is 0 Å². The van der Waals surface area contributed by atoms with E-state index in [1.807, 2.05) is 23.1 Å². The van der Waals surface area contributed by atoms with Crippen LogP contribution in [0.15, 0.2) is 42.4 Å². The maximum Gasteiger partial charge on any atom is 0.223 e. The molecule has 2 N–H and O–H groups in total. The number of dihydropyridines is 1. The second-order valence-electron chi connectivity index (χ2n) is 5.79. The van der Waals surface area contributed by atoms with E-state index in [1.54, 1.807) is 18.5 Å². The maximum absolute atomic E-state index is 11.6. The van der Waals surface area contributed by atoms with Gasteiger partial charge in [0.05, 0.1) is 11.4 Å². The first-order chi connectivity index (χ1) is 12.3. The minimum atomic E-state index is 0.241. The van der Waals surface area contributed by atoms with Crippen LogP contribution in [0.1, 0.15) is 25.0 Å². The number of anilines is 1. The molecule has 1 saturated heterocycles. The summed E-state index contributed by atoms with van der Waals surface area (Å²) in [7, 11) is 0. The lowest BCUT2D eigenvalue weighted by Gasteiger charge is -2.15. The average molecular weight is 336 g/mol. The first kappa shape index (κ1) is 16.7. The average Bonchev–Trinajstić information content (AvgIpc) is 3.06. The highest BCUT2D eigenvalue weighted by Gasteiger charge is 2.19. The van der Waals surface area contributed by atoms with E-state index < -0.39 is 0 Å². The monoisotopic (exact) mass is 336 g/mol. The maximum atomic E-state index is 11.6. The molecule has 0 aromatic carbocycles. The molecule has 1 amide bonds. The second-order valence-corrected chi connectivity index (χ2v) is 5.79. The lowest BCUT2D eigenvalue weighted by atomic mass is 10.1. The largest absolute Gasteiger partial charge is 0.361 e. The van der Waals surface area contributed by atoms with Gasteiger partial charge in [-0.15, -0.1) is 0 Å². The molecule has 0 aliphatic carbocycles. The lowest BCUT2D eigenvalue weighted by molar-refractivity contribution is -0.127. The Morgan fingerprint density at radius 3 is 3.08 bits per heavy atom. The van der Waals surface area contributed by atoms with Crippen LogP contribution in [0.3, 0.4) is 0 Å². The molecule has 0 radical (unpaired) electrons. The molecule has 0 spiro atoms. The summed E-state index contributed by atoms with van der Waals surface area (Å²) in [5.41, 5.74) is 1.74. The molecule has 1 aromatic rings. The fourth-order valence-corrected chi connectivity index (χ4v) is 2.80. The summed E-state index contributed by atoms with van der Waals surface area (Å²) in [6, 6.07) is 3.91. The van der Waals surface area contributed by atoms with Gasteiger partial charge in [-0.05, 0) is 31.1 Å². The molecule has 7 nitrogen and oxygen atoms in total. The third-order valence-corrected chi connectivity index (χ3v) is 4.06. The number of hydrogen-bond acceptors (Lipinski definition) is 6. The molecular formula is C18H20N6O. The van der Waals surface area contributed by atoms with Crippen molar-refractivity contribution in [1.82, 2.24) is 20.2 Å². The third kappa shape index (κ3) is 4.23. The van der Waals surface area contributed by atoms with Gasteiger partial charge in [-0.25, -0.2) is 9.97 Å². The van der Waals surface area contributed by atoms with E-state index in [2.05, 4.69) is 26.7 Å². The fraction of sp³-hybridized carbons (Fsp3) is 0.333. The Kier molecular flexibility index (Phi) is 5.42. The summed E-state index contributed by atoms with van der Waals surface area (Å²) >= 11 is 0. The normalized spacial score (nSPS) is 18.0. The van der Waals surface area contributed by atoms with Crippen molar-refractivity contribution in [3.05, 3.63) is 48.1 Å². The van der Waals surface area contributed by atoms with Crippen LogP contribution in [-0.2, 0) is 4.79 Å². The van der Waals surface area contributed by atoms with Crippen molar-refractivity contribution in [2.24, 2.45) is 0 Å². The van der Waals surface area contributed by atoms with Gasteiger partial charge in [-0.2, -0.15) is 5.26 Å². The molecule has 128 valence electrons. The summed E-state index contributed by atoms with van der Waals surface area (Å²) in [5, 5.41) is 15.7. The highest BCUT2D eigenvalue weighted by atomic mass is 16.2. The molecule has 1 fully saturated rings. The molecule has 0 unspecified atom stereocenters. The highest BCUT2D eigenvalue weighted by Crippen LogP contribution is 2.18. The topological polar surface area (TPSA) is 93.9 Å². The number of rotatable bonds is 6. The summed E-state index contributed by atoms with van der Waals surface area (Å²) in [4.78, 5) is 22.1. The summed E-state index contributed by atoms with van der Waals surface area (Å²) < 4.78 is 0. The highest BCUT2D eigenvalue weighted by molar-refractivity contribution is 5.79. The van der Waals surface area contributed by atoms with Gasteiger partial charge in [-0.3, -0.25) is 4.79 Å².